The van der Waals surface area contributed by atoms with E-state index in [2.05, 4.69) is 10.6 Å². The van der Waals surface area contributed by atoms with E-state index in [-0.39, 0.29) is 12.5 Å². The second kappa shape index (κ2) is 8.19. The molecule has 8 heteroatoms. The van der Waals surface area contributed by atoms with Gasteiger partial charge < -0.3 is 19.5 Å². The maximum absolute atomic E-state index is 11.9. The number of fused-ring (bicyclic) bond motifs is 1. The lowest BCUT2D eigenvalue weighted by molar-refractivity contribution is -0.157. The number of carbonyl (C=O) groups excluding carboxylic acids is 3. The van der Waals surface area contributed by atoms with Crippen molar-refractivity contribution in [3.05, 3.63) is 24.3 Å². The number of hydrogen-bond acceptors (Lipinski definition) is 6. The lowest BCUT2D eigenvalue weighted by Gasteiger charge is -2.24. The second-order valence-corrected chi connectivity index (χ2v) is 5.62. The third-order valence-electron chi connectivity index (χ3n) is 3.04. The summed E-state index contributed by atoms with van der Waals surface area (Å²) >= 11 is 0. The van der Waals surface area contributed by atoms with Crippen LogP contribution in [0.1, 0.15) is 13.8 Å². The van der Waals surface area contributed by atoms with Crippen LogP contribution in [-0.4, -0.2) is 43.8 Å². The van der Waals surface area contributed by atoms with Gasteiger partial charge in [0.1, 0.15) is 6.61 Å². The molecule has 24 heavy (non-hydrogen) atoms. The standard InChI is InChI=1S/C16H20N2O6/c1-10(2)7-17-16(21)18-14(19)9-23-15(20)13-8-22-11-5-3-4-6-12(11)24-13/h3-6,10,13H,7-9H2,1-2H3,(H2,17,18,19,21). The van der Waals surface area contributed by atoms with Crippen LogP contribution in [0.4, 0.5) is 4.79 Å². The summed E-state index contributed by atoms with van der Waals surface area (Å²) in [6.07, 6.45) is -0.956. The van der Waals surface area contributed by atoms with Crippen molar-refractivity contribution >= 4 is 17.9 Å². The number of esters is 1. The van der Waals surface area contributed by atoms with Gasteiger partial charge in [-0.3, -0.25) is 10.1 Å². The van der Waals surface area contributed by atoms with Crippen LogP contribution >= 0.6 is 0 Å². The molecule has 0 fully saturated rings. The molecule has 130 valence electrons. The number of rotatable bonds is 5. The molecule has 1 aromatic rings. The Balaban J connectivity index is 1.73. The first kappa shape index (κ1) is 17.6. The van der Waals surface area contributed by atoms with Gasteiger partial charge in [0, 0.05) is 6.54 Å². The minimum Gasteiger partial charge on any atom is -0.485 e. The van der Waals surface area contributed by atoms with Gasteiger partial charge in [0.15, 0.2) is 18.1 Å². The number of urea groups is 1. The highest BCUT2D eigenvalue weighted by Crippen LogP contribution is 2.31. The van der Waals surface area contributed by atoms with Gasteiger partial charge in [-0.05, 0) is 18.1 Å². The van der Waals surface area contributed by atoms with Crippen LogP contribution in [0.3, 0.4) is 0 Å². The molecule has 0 spiro atoms. The molecule has 1 aliphatic rings. The van der Waals surface area contributed by atoms with Crippen molar-refractivity contribution in [1.82, 2.24) is 10.6 Å². The molecule has 1 heterocycles. The van der Waals surface area contributed by atoms with Crippen molar-refractivity contribution in [3.8, 4) is 11.5 Å². The lowest BCUT2D eigenvalue weighted by atomic mass is 10.2. The van der Waals surface area contributed by atoms with E-state index in [1.165, 1.54) is 0 Å². The first-order valence-corrected chi connectivity index (χ1v) is 7.58. The van der Waals surface area contributed by atoms with Crippen LogP contribution in [0.15, 0.2) is 24.3 Å². The molecular weight excluding hydrogens is 316 g/mol. The fourth-order valence-corrected chi connectivity index (χ4v) is 1.87. The quantitative estimate of drug-likeness (QED) is 0.773. The Labute approximate surface area is 139 Å². The minimum atomic E-state index is -0.956. The van der Waals surface area contributed by atoms with E-state index in [1.54, 1.807) is 24.3 Å². The SMILES string of the molecule is CC(C)CNC(=O)NC(=O)COC(=O)C1COc2ccccc2O1. The summed E-state index contributed by atoms with van der Waals surface area (Å²) in [5.41, 5.74) is 0. The molecule has 0 saturated heterocycles. The fraction of sp³-hybridized carbons (Fsp3) is 0.438. The van der Waals surface area contributed by atoms with Gasteiger partial charge in [-0.2, -0.15) is 0 Å². The Hall–Kier alpha value is -2.77. The van der Waals surface area contributed by atoms with Crippen molar-refractivity contribution in [1.29, 1.82) is 0 Å². The van der Waals surface area contributed by atoms with Gasteiger partial charge in [0.05, 0.1) is 0 Å². The number of carbonyl (C=O) groups is 3. The predicted octanol–water partition coefficient (Wildman–Crippen LogP) is 0.851. The Bertz CT molecular complexity index is 616. The molecule has 8 nitrogen and oxygen atoms in total. The monoisotopic (exact) mass is 336 g/mol. The number of nitrogens with one attached hydrogen (secondary N) is 2. The van der Waals surface area contributed by atoms with Crippen LogP contribution in [0, 0.1) is 5.92 Å². The molecular formula is C16H20N2O6. The summed E-state index contributed by atoms with van der Waals surface area (Å²) in [7, 11) is 0. The summed E-state index contributed by atoms with van der Waals surface area (Å²) < 4.78 is 15.7. The highest BCUT2D eigenvalue weighted by molar-refractivity contribution is 5.95. The van der Waals surface area contributed by atoms with Gasteiger partial charge in [-0.1, -0.05) is 26.0 Å². The molecule has 0 aromatic heterocycles. The fourth-order valence-electron chi connectivity index (χ4n) is 1.87. The Morgan fingerprint density at radius 1 is 1.25 bits per heavy atom. The first-order chi connectivity index (χ1) is 11.5. The van der Waals surface area contributed by atoms with E-state index < -0.39 is 30.6 Å². The third kappa shape index (κ3) is 5.15. The van der Waals surface area contributed by atoms with Crippen molar-refractivity contribution in [2.45, 2.75) is 20.0 Å². The molecule has 3 amide bonds. The van der Waals surface area contributed by atoms with Gasteiger partial charge in [0.2, 0.25) is 6.10 Å². The molecule has 1 aromatic carbocycles. The van der Waals surface area contributed by atoms with Crippen LogP contribution < -0.4 is 20.1 Å². The van der Waals surface area contributed by atoms with Gasteiger partial charge in [-0.25, -0.2) is 9.59 Å². The van der Waals surface area contributed by atoms with Crippen molar-refractivity contribution in [2.24, 2.45) is 5.92 Å². The average Bonchev–Trinajstić information content (AvgIpc) is 2.57. The number of ether oxygens (including phenoxy) is 3. The maximum Gasteiger partial charge on any atom is 0.351 e. The second-order valence-electron chi connectivity index (χ2n) is 5.62. The van der Waals surface area contributed by atoms with Crippen LogP contribution in [0.2, 0.25) is 0 Å². The zero-order valence-corrected chi connectivity index (χ0v) is 13.5. The van der Waals surface area contributed by atoms with E-state index in [0.717, 1.165) is 0 Å². The van der Waals surface area contributed by atoms with Gasteiger partial charge in [-0.15, -0.1) is 0 Å². The highest BCUT2D eigenvalue weighted by atomic mass is 16.6. The number of imide groups is 1. The van der Waals surface area contributed by atoms with Crippen molar-refractivity contribution in [3.63, 3.8) is 0 Å². The Morgan fingerprint density at radius 3 is 2.67 bits per heavy atom. The lowest BCUT2D eigenvalue weighted by Crippen LogP contribution is -2.44. The topological polar surface area (TPSA) is 103 Å². The number of para-hydroxylation sites is 2. The molecule has 1 atom stereocenters. The minimum absolute atomic E-state index is 0.00760. The summed E-state index contributed by atoms with van der Waals surface area (Å²) in [4.78, 5) is 34.9. The van der Waals surface area contributed by atoms with Crippen LogP contribution in [0.25, 0.3) is 0 Å². The van der Waals surface area contributed by atoms with E-state index in [9.17, 15) is 14.4 Å². The summed E-state index contributed by atoms with van der Waals surface area (Å²) in [5.74, 6) is -0.219. The molecule has 2 rings (SSSR count). The maximum atomic E-state index is 11.9. The molecule has 1 unspecified atom stereocenters. The first-order valence-electron chi connectivity index (χ1n) is 7.58. The van der Waals surface area contributed by atoms with E-state index in [4.69, 9.17) is 14.2 Å². The number of benzene rings is 1. The largest absolute Gasteiger partial charge is 0.485 e. The molecule has 2 N–H and O–H groups in total. The predicted molar refractivity (Wildman–Crippen MR) is 83.7 cm³/mol. The normalized spacial score (nSPS) is 15.5. The summed E-state index contributed by atoms with van der Waals surface area (Å²) in [6.45, 7) is 3.70. The molecule has 0 bridgehead atoms. The van der Waals surface area contributed by atoms with Gasteiger partial charge >= 0.3 is 12.0 Å². The molecule has 1 aliphatic heterocycles. The Morgan fingerprint density at radius 2 is 1.96 bits per heavy atom. The smallest absolute Gasteiger partial charge is 0.351 e. The molecule has 0 aliphatic carbocycles. The van der Waals surface area contributed by atoms with Crippen molar-refractivity contribution in [2.75, 3.05) is 19.8 Å². The zero-order chi connectivity index (χ0) is 17.5. The number of amides is 3. The van der Waals surface area contributed by atoms with Crippen LogP contribution in [0.5, 0.6) is 11.5 Å². The van der Waals surface area contributed by atoms with E-state index in [1.807, 2.05) is 13.8 Å². The number of hydrogen-bond donors (Lipinski definition) is 2. The molecule has 0 saturated carbocycles. The third-order valence-corrected chi connectivity index (χ3v) is 3.04. The summed E-state index contributed by atoms with van der Waals surface area (Å²) in [5, 5.41) is 4.59. The Kier molecular flexibility index (Phi) is 6.00. The van der Waals surface area contributed by atoms with Gasteiger partial charge in [0.25, 0.3) is 5.91 Å². The summed E-state index contributed by atoms with van der Waals surface area (Å²) in [6, 6.07) is 6.30. The van der Waals surface area contributed by atoms with Crippen LogP contribution in [-0.2, 0) is 14.3 Å². The highest BCUT2D eigenvalue weighted by Gasteiger charge is 2.29. The van der Waals surface area contributed by atoms with E-state index in [0.29, 0.717) is 18.0 Å². The average molecular weight is 336 g/mol. The van der Waals surface area contributed by atoms with E-state index >= 15 is 0 Å². The van der Waals surface area contributed by atoms with Crippen molar-refractivity contribution < 1.29 is 28.6 Å². The zero-order valence-electron chi connectivity index (χ0n) is 13.5. The molecule has 0 radical (unpaired) electrons.